The Morgan fingerprint density at radius 2 is 1.58 bits per heavy atom. The number of benzene rings is 1. The number of nitrogens with one attached hydrogen (secondary N) is 1. The molecule has 0 unspecified atom stereocenters. The maximum Gasteiger partial charge on any atom is 0.317 e. The number of hydrogen-bond acceptors (Lipinski definition) is 3. The summed E-state index contributed by atoms with van der Waals surface area (Å²) in [5.41, 5.74) is 0.717. The van der Waals surface area contributed by atoms with Gasteiger partial charge in [-0.2, -0.15) is 0 Å². The van der Waals surface area contributed by atoms with Gasteiger partial charge in [0.15, 0.2) is 0 Å². The molecule has 0 atom stereocenters. The summed E-state index contributed by atoms with van der Waals surface area (Å²) in [7, 11) is 0. The third kappa shape index (κ3) is 6.24. The second kappa shape index (κ2) is 8.43. The Labute approximate surface area is 156 Å². The molecule has 26 heavy (non-hydrogen) atoms. The summed E-state index contributed by atoms with van der Waals surface area (Å²) >= 11 is 0. The van der Waals surface area contributed by atoms with E-state index >= 15 is 0 Å². The lowest BCUT2D eigenvalue weighted by atomic mass is 10.1. The number of carbonyl (C=O) groups is 2. The fourth-order valence-corrected chi connectivity index (χ4v) is 2.80. The first kappa shape index (κ1) is 20.1. The minimum Gasteiger partial charge on any atom is -0.491 e. The van der Waals surface area contributed by atoms with Crippen molar-refractivity contribution < 1.29 is 14.3 Å². The van der Waals surface area contributed by atoms with Crippen LogP contribution >= 0.6 is 0 Å². The number of amides is 3. The molecule has 2 rings (SSSR count). The van der Waals surface area contributed by atoms with Gasteiger partial charge in [0.05, 0.1) is 12.5 Å². The van der Waals surface area contributed by atoms with E-state index in [0.717, 1.165) is 11.3 Å². The first-order valence-electron chi connectivity index (χ1n) is 9.24. The third-order valence-electron chi connectivity index (χ3n) is 4.05. The van der Waals surface area contributed by atoms with E-state index in [1.165, 1.54) is 0 Å². The molecule has 0 aromatic heterocycles. The van der Waals surface area contributed by atoms with Crippen LogP contribution < -0.4 is 10.1 Å². The lowest BCUT2D eigenvalue weighted by Crippen LogP contribution is -2.56. The van der Waals surface area contributed by atoms with Gasteiger partial charge in [0, 0.05) is 31.7 Å². The normalized spacial score (nSPS) is 15.2. The number of ether oxygens (including phenoxy) is 1. The standard InChI is InChI=1S/C20H31N3O3/c1-15(2)26-17-8-6-16(7-9-17)14-18(24)22-10-12-23(13-11-22)19(25)21-20(3,4)5/h6-9,15H,10-14H2,1-5H3,(H,21,25). The summed E-state index contributed by atoms with van der Waals surface area (Å²) in [5.74, 6) is 0.910. The van der Waals surface area contributed by atoms with Crippen molar-refractivity contribution in [3.63, 3.8) is 0 Å². The van der Waals surface area contributed by atoms with Crippen LogP contribution in [0.2, 0.25) is 0 Å². The van der Waals surface area contributed by atoms with Crippen molar-refractivity contribution in [1.82, 2.24) is 15.1 Å². The average Bonchev–Trinajstić information content (AvgIpc) is 2.55. The van der Waals surface area contributed by atoms with E-state index in [-0.39, 0.29) is 23.6 Å². The first-order valence-corrected chi connectivity index (χ1v) is 9.24. The van der Waals surface area contributed by atoms with Crippen molar-refractivity contribution in [2.45, 2.75) is 52.7 Å². The molecule has 1 N–H and O–H groups in total. The van der Waals surface area contributed by atoms with Crippen LogP contribution in [-0.4, -0.2) is 59.6 Å². The highest BCUT2D eigenvalue weighted by Gasteiger charge is 2.26. The van der Waals surface area contributed by atoms with Gasteiger partial charge in [-0.3, -0.25) is 4.79 Å². The van der Waals surface area contributed by atoms with E-state index in [1.54, 1.807) is 4.90 Å². The van der Waals surface area contributed by atoms with E-state index in [2.05, 4.69) is 5.32 Å². The molecule has 1 aliphatic heterocycles. The number of rotatable bonds is 4. The molecule has 3 amide bonds. The van der Waals surface area contributed by atoms with Crippen molar-refractivity contribution in [2.75, 3.05) is 26.2 Å². The van der Waals surface area contributed by atoms with Gasteiger partial charge in [-0.1, -0.05) is 12.1 Å². The van der Waals surface area contributed by atoms with Crippen molar-refractivity contribution in [1.29, 1.82) is 0 Å². The Bertz CT molecular complexity index is 612. The molecule has 1 aromatic carbocycles. The third-order valence-corrected chi connectivity index (χ3v) is 4.05. The van der Waals surface area contributed by atoms with Crippen LogP contribution in [0.5, 0.6) is 5.75 Å². The highest BCUT2D eigenvalue weighted by Crippen LogP contribution is 2.15. The molecule has 6 heteroatoms. The summed E-state index contributed by atoms with van der Waals surface area (Å²) in [6, 6.07) is 7.60. The molecule has 1 aromatic rings. The number of hydrogen-bond donors (Lipinski definition) is 1. The van der Waals surface area contributed by atoms with Crippen LogP contribution in [0.3, 0.4) is 0 Å². The van der Waals surface area contributed by atoms with E-state index < -0.39 is 0 Å². The average molecular weight is 361 g/mol. The highest BCUT2D eigenvalue weighted by molar-refractivity contribution is 5.80. The highest BCUT2D eigenvalue weighted by atomic mass is 16.5. The first-order chi connectivity index (χ1) is 12.1. The van der Waals surface area contributed by atoms with Gasteiger partial charge in [0.25, 0.3) is 0 Å². The molecule has 1 fully saturated rings. The molecule has 6 nitrogen and oxygen atoms in total. The molecule has 0 bridgehead atoms. The van der Waals surface area contributed by atoms with Gasteiger partial charge in [-0.05, 0) is 52.3 Å². The molecule has 1 saturated heterocycles. The predicted molar refractivity (Wildman–Crippen MR) is 102 cm³/mol. The van der Waals surface area contributed by atoms with E-state index in [0.29, 0.717) is 32.6 Å². The molecule has 1 aliphatic rings. The molecule has 0 aliphatic carbocycles. The second-order valence-electron chi connectivity index (χ2n) is 8.04. The zero-order chi connectivity index (χ0) is 19.3. The quantitative estimate of drug-likeness (QED) is 0.897. The maximum atomic E-state index is 12.5. The molecule has 1 heterocycles. The van der Waals surface area contributed by atoms with Crippen LogP contribution in [0.15, 0.2) is 24.3 Å². The largest absolute Gasteiger partial charge is 0.491 e. The fraction of sp³-hybridized carbons (Fsp3) is 0.600. The van der Waals surface area contributed by atoms with Gasteiger partial charge in [0.1, 0.15) is 5.75 Å². The van der Waals surface area contributed by atoms with Gasteiger partial charge < -0.3 is 19.9 Å². The monoisotopic (exact) mass is 361 g/mol. The van der Waals surface area contributed by atoms with Crippen LogP contribution in [0.4, 0.5) is 4.79 Å². The number of nitrogens with zero attached hydrogens (tertiary/aromatic N) is 2. The maximum absolute atomic E-state index is 12.5. The van der Waals surface area contributed by atoms with Gasteiger partial charge in [-0.25, -0.2) is 4.79 Å². The summed E-state index contributed by atoms with van der Waals surface area (Å²) in [4.78, 5) is 28.3. The number of urea groups is 1. The minimum absolute atomic E-state index is 0.0645. The topological polar surface area (TPSA) is 61.9 Å². The van der Waals surface area contributed by atoms with Gasteiger partial charge >= 0.3 is 6.03 Å². The Hall–Kier alpha value is -2.24. The Kier molecular flexibility index (Phi) is 6.51. The summed E-state index contributed by atoms with van der Waals surface area (Å²) in [5, 5.41) is 2.96. The van der Waals surface area contributed by atoms with E-state index in [1.807, 2.05) is 63.8 Å². The van der Waals surface area contributed by atoms with Crippen molar-refractivity contribution >= 4 is 11.9 Å². The van der Waals surface area contributed by atoms with Gasteiger partial charge in [-0.15, -0.1) is 0 Å². The van der Waals surface area contributed by atoms with Crippen molar-refractivity contribution in [3.05, 3.63) is 29.8 Å². The summed E-state index contributed by atoms with van der Waals surface area (Å²) in [6.45, 7) is 12.1. The van der Waals surface area contributed by atoms with Crippen LogP contribution in [0, 0.1) is 0 Å². The van der Waals surface area contributed by atoms with Crippen LogP contribution in [0.1, 0.15) is 40.2 Å². The minimum atomic E-state index is -0.254. The SMILES string of the molecule is CC(C)Oc1ccc(CC(=O)N2CCN(C(=O)NC(C)(C)C)CC2)cc1. The van der Waals surface area contributed by atoms with E-state index in [4.69, 9.17) is 4.74 Å². The molecule has 0 saturated carbocycles. The summed E-state index contributed by atoms with van der Waals surface area (Å²) in [6.07, 6.45) is 0.505. The van der Waals surface area contributed by atoms with Crippen LogP contribution in [0.25, 0.3) is 0 Å². The Balaban J connectivity index is 1.82. The zero-order valence-corrected chi connectivity index (χ0v) is 16.5. The Morgan fingerprint density at radius 3 is 2.08 bits per heavy atom. The number of carbonyl (C=O) groups excluding carboxylic acids is 2. The fourth-order valence-electron chi connectivity index (χ4n) is 2.80. The molecule has 0 radical (unpaired) electrons. The second-order valence-corrected chi connectivity index (χ2v) is 8.04. The smallest absolute Gasteiger partial charge is 0.317 e. The van der Waals surface area contributed by atoms with Gasteiger partial charge in [0.2, 0.25) is 5.91 Å². The van der Waals surface area contributed by atoms with E-state index in [9.17, 15) is 9.59 Å². The molecular formula is C20H31N3O3. The van der Waals surface area contributed by atoms with Crippen molar-refractivity contribution in [2.24, 2.45) is 0 Å². The van der Waals surface area contributed by atoms with Crippen molar-refractivity contribution in [3.8, 4) is 5.75 Å². The molecular weight excluding hydrogens is 330 g/mol. The molecule has 144 valence electrons. The summed E-state index contributed by atoms with van der Waals surface area (Å²) < 4.78 is 5.62. The lowest BCUT2D eigenvalue weighted by molar-refractivity contribution is -0.131. The predicted octanol–water partition coefficient (Wildman–Crippen LogP) is 2.67. The Morgan fingerprint density at radius 1 is 1.04 bits per heavy atom. The number of piperazine rings is 1. The lowest BCUT2D eigenvalue weighted by Gasteiger charge is -2.36. The molecule has 0 spiro atoms. The van der Waals surface area contributed by atoms with Crippen LogP contribution in [-0.2, 0) is 11.2 Å². The zero-order valence-electron chi connectivity index (χ0n) is 16.5.